The van der Waals surface area contributed by atoms with Gasteiger partial charge in [-0.05, 0) is 31.5 Å². The second-order valence-corrected chi connectivity index (χ2v) is 6.14. The number of piperidine rings is 1. The number of β-amino-alcohol motifs (C(OH)–C–C–N with tert-alkyl or cyclic N) is 1. The summed E-state index contributed by atoms with van der Waals surface area (Å²) in [5.74, 6) is 0.739. The van der Waals surface area contributed by atoms with Crippen LogP contribution in [0, 0.1) is 0 Å². The number of nitrogens with one attached hydrogen (secondary N) is 1. The molecule has 3 heterocycles. The smallest absolute Gasteiger partial charge is 0.164 e. The molecule has 2 aromatic heterocycles. The van der Waals surface area contributed by atoms with Crippen molar-refractivity contribution in [1.29, 1.82) is 0 Å². The number of benzene rings is 1. The first-order valence-electron chi connectivity index (χ1n) is 8.00. The minimum atomic E-state index is -0.965. The zero-order chi connectivity index (χ0) is 16.4. The highest BCUT2D eigenvalue weighted by Gasteiger charge is 2.37. The van der Waals surface area contributed by atoms with Crippen molar-refractivity contribution >= 4 is 0 Å². The molecule has 8 nitrogen and oxygen atoms in total. The zero-order valence-electron chi connectivity index (χ0n) is 13.2. The van der Waals surface area contributed by atoms with E-state index in [1.54, 1.807) is 17.2 Å². The lowest BCUT2D eigenvalue weighted by atomic mass is 9.90. The summed E-state index contributed by atoms with van der Waals surface area (Å²) in [5.41, 5.74) is 0.608. The van der Waals surface area contributed by atoms with E-state index in [1.807, 2.05) is 30.3 Å². The zero-order valence-corrected chi connectivity index (χ0v) is 13.2. The predicted molar refractivity (Wildman–Crippen MR) is 86.1 cm³/mol. The Morgan fingerprint density at radius 2 is 2.12 bits per heavy atom. The van der Waals surface area contributed by atoms with Crippen LogP contribution in [0.15, 0.2) is 42.9 Å². The van der Waals surface area contributed by atoms with Gasteiger partial charge in [0, 0.05) is 6.54 Å². The lowest BCUT2D eigenvalue weighted by Gasteiger charge is -2.37. The third-order valence-corrected chi connectivity index (χ3v) is 4.37. The number of rotatable bonds is 4. The fourth-order valence-corrected chi connectivity index (χ4v) is 3.17. The quantitative estimate of drug-likeness (QED) is 0.739. The van der Waals surface area contributed by atoms with Crippen LogP contribution in [0.2, 0.25) is 0 Å². The Morgan fingerprint density at radius 1 is 1.25 bits per heavy atom. The van der Waals surface area contributed by atoms with Gasteiger partial charge < -0.3 is 5.11 Å². The molecule has 24 heavy (non-hydrogen) atoms. The standard InChI is InChI=1S/C16H19N7O/c24-16(14-9-18-21-19-14)7-4-8-22(11-16)10-15-17-12-23(20-15)13-5-2-1-3-6-13/h1-3,5-6,9,12,24H,4,7-8,10-11H2,(H,18,19,21)/t16-/m1/s1. The first-order valence-corrected chi connectivity index (χ1v) is 8.00. The second kappa shape index (κ2) is 6.14. The van der Waals surface area contributed by atoms with Gasteiger partial charge in [0.15, 0.2) is 5.82 Å². The highest BCUT2D eigenvalue weighted by atomic mass is 16.3. The summed E-state index contributed by atoms with van der Waals surface area (Å²) in [7, 11) is 0. The van der Waals surface area contributed by atoms with E-state index < -0.39 is 5.60 Å². The molecule has 8 heteroatoms. The Morgan fingerprint density at radius 3 is 2.92 bits per heavy atom. The molecule has 1 saturated heterocycles. The summed E-state index contributed by atoms with van der Waals surface area (Å²) < 4.78 is 1.77. The van der Waals surface area contributed by atoms with Crippen molar-refractivity contribution in [1.82, 2.24) is 35.1 Å². The molecule has 1 aliphatic rings. The number of aliphatic hydroxyl groups is 1. The highest BCUT2D eigenvalue weighted by molar-refractivity contribution is 5.29. The monoisotopic (exact) mass is 325 g/mol. The lowest BCUT2D eigenvalue weighted by Crippen LogP contribution is -2.46. The second-order valence-electron chi connectivity index (χ2n) is 6.14. The first-order chi connectivity index (χ1) is 11.7. The largest absolute Gasteiger partial charge is 0.382 e. The molecule has 0 aliphatic carbocycles. The summed E-state index contributed by atoms with van der Waals surface area (Å²) in [4.78, 5) is 6.55. The fraction of sp³-hybridized carbons (Fsp3) is 0.375. The summed E-state index contributed by atoms with van der Waals surface area (Å²) in [6.07, 6.45) is 4.88. The fourth-order valence-electron chi connectivity index (χ4n) is 3.17. The molecule has 2 N–H and O–H groups in total. The van der Waals surface area contributed by atoms with Crippen molar-refractivity contribution in [3.63, 3.8) is 0 Å². The summed E-state index contributed by atoms with van der Waals surface area (Å²) in [5, 5.41) is 25.8. The van der Waals surface area contributed by atoms with Crippen molar-refractivity contribution in [2.75, 3.05) is 13.1 Å². The summed E-state index contributed by atoms with van der Waals surface area (Å²) in [6, 6.07) is 9.89. The Hall–Kier alpha value is -2.58. The third kappa shape index (κ3) is 2.93. The average molecular weight is 325 g/mol. The Balaban J connectivity index is 1.47. The predicted octanol–water partition coefficient (Wildman–Crippen LogP) is 0.869. The normalized spacial score (nSPS) is 21.9. The van der Waals surface area contributed by atoms with E-state index in [-0.39, 0.29) is 0 Å². The molecule has 0 saturated carbocycles. The topological polar surface area (TPSA) is 95.8 Å². The molecule has 1 aliphatic heterocycles. The number of hydrogen-bond donors (Lipinski definition) is 2. The molecule has 0 amide bonds. The number of likely N-dealkylation sites (tertiary alicyclic amines) is 1. The number of para-hydroxylation sites is 1. The van der Waals surface area contributed by atoms with E-state index >= 15 is 0 Å². The Kier molecular flexibility index (Phi) is 3.83. The van der Waals surface area contributed by atoms with Gasteiger partial charge in [-0.1, -0.05) is 18.2 Å². The Bertz CT molecular complexity index is 786. The SMILES string of the molecule is O[C@]1(c2cn[nH]n2)CCCN(Cc2ncn(-c3ccccc3)n2)C1. The van der Waals surface area contributed by atoms with Crippen LogP contribution >= 0.6 is 0 Å². The highest BCUT2D eigenvalue weighted by Crippen LogP contribution is 2.30. The molecular formula is C16H19N7O. The van der Waals surface area contributed by atoms with Crippen LogP contribution in [0.1, 0.15) is 24.4 Å². The van der Waals surface area contributed by atoms with Gasteiger partial charge in [0.25, 0.3) is 0 Å². The molecule has 0 spiro atoms. The van der Waals surface area contributed by atoms with Crippen LogP contribution in [-0.2, 0) is 12.1 Å². The van der Waals surface area contributed by atoms with Gasteiger partial charge in [-0.3, -0.25) is 4.90 Å². The maximum atomic E-state index is 10.9. The number of hydrogen-bond acceptors (Lipinski definition) is 6. The van der Waals surface area contributed by atoms with Gasteiger partial charge in [-0.25, -0.2) is 9.67 Å². The molecular weight excluding hydrogens is 306 g/mol. The van der Waals surface area contributed by atoms with E-state index in [9.17, 15) is 5.11 Å². The van der Waals surface area contributed by atoms with Crippen LogP contribution in [-0.4, -0.2) is 53.3 Å². The van der Waals surface area contributed by atoms with Gasteiger partial charge >= 0.3 is 0 Å². The molecule has 1 atom stereocenters. The van der Waals surface area contributed by atoms with E-state index in [0.29, 0.717) is 25.2 Å². The van der Waals surface area contributed by atoms with Crippen LogP contribution < -0.4 is 0 Å². The minimum Gasteiger partial charge on any atom is -0.382 e. The molecule has 1 aromatic carbocycles. The Labute approximate surface area is 139 Å². The van der Waals surface area contributed by atoms with Crippen LogP contribution in [0.3, 0.4) is 0 Å². The maximum absolute atomic E-state index is 10.9. The molecule has 124 valence electrons. The van der Waals surface area contributed by atoms with Crippen molar-refractivity contribution in [3.8, 4) is 5.69 Å². The van der Waals surface area contributed by atoms with Crippen LogP contribution in [0.4, 0.5) is 0 Å². The molecule has 1 fully saturated rings. The summed E-state index contributed by atoms with van der Waals surface area (Å²) in [6.45, 7) is 2.00. The van der Waals surface area contributed by atoms with Crippen LogP contribution in [0.5, 0.6) is 0 Å². The average Bonchev–Trinajstić information content (AvgIpc) is 3.28. The molecule has 0 unspecified atom stereocenters. The number of aromatic amines is 1. The molecule has 0 radical (unpaired) electrons. The lowest BCUT2D eigenvalue weighted by molar-refractivity contribution is -0.0420. The first kappa shape index (κ1) is 15.0. The van der Waals surface area contributed by atoms with Gasteiger partial charge in [0.1, 0.15) is 17.6 Å². The number of nitrogens with zero attached hydrogens (tertiary/aromatic N) is 6. The number of aromatic nitrogens is 6. The minimum absolute atomic E-state index is 0.499. The van der Waals surface area contributed by atoms with Crippen molar-refractivity contribution in [2.45, 2.75) is 25.0 Å². The summed E-state index contributed by atoms with van der Waals surface area (Å²) >= 11 is 0. The van der Waals surface area contributed by atoms with Crippen LogP contribution in [0.25, 0.3) is 5.69 Å². The van der Waals surface area contributed by atoms with Gasteiger partial charge in [0.2, 0.25) is 0 Å². The van der Waals surface area contributed by atoms with Gasteiger partial charge in [-0.15, -0.1) is 5.10 Å². The van der Waals surface area contributed by atoms with Crippen molar-refractivity contribution < 1.29 is 5.11 Å². The van der Waals surface area contributed by atoms with E-state index in [1.165, 1.54) is 0 Å². The van der Waals surface area contributed by atoms with Crippen molar-refractivity contribution in [3.05, 3.63) is 54.4 Å². The molecule has 0 bridgehead atoms. The molecule has 3 aromatic rings. The van der Waals surface area contributed by atoms with E-state index in [0.717, 1.165) is 24.5 Å². The van der Waals surface area contributed by atoms with Gasteiger partial charge in [0.05, 0.1) is 18.4 Å². The third-order valence-electron chi connectivity index (χ3n) is 4.37. The number of H-pyrrole nitrogens is 1. The van der Waals surface area contributed by atoms with Crippen molar-refractivity contribution in [2.24, 2.45) is 0 Å². The molecule has 4 rings (SSSR count). The van der Waals surface area contributed by atoms with Gasteiger partial charge in [-0.2, -0.15) is 15.4 Å². The maximum Gasteiger partial charge on any atom is 0.164 e. The van der Waals surface area contributed by atoms with E-state index in [4.69, 9.17) is 0 Å². The van der Waals surface area contributed by atoms with E-state index in [2.05, 4.69) is 30.4 Å².